The zero-order valence-corrected chi connectivity index (χ0v) is 16.8. The number of ether oxygens (including phenoxy) is 3. The maximum absolute atomic E-state index is 6.26. The van der Waals surface area contributed by atoms with Crippen molar-refractivity contribution in [3.05, 3.63) is 41.2 Å². The molecule has 0 radical (unpaired) electrons. The van der Waals surface area contributed by atoms with Gasteiger partial charge in [-0.05, 0) is 36.8 Å². The number of hydrogen-bond donors (Lipinski definition) is 0. The van der Waals surface area contributed by atoms with Crippen LogP contribution in [0.2, 0.25) is 0 Å². The van der Waals surface area contributed by atoms with Crippen molar-refractivity contribution in [1.29, 1.82) is 0 Å². The molecule has 0 unspecified atom stereocenters. The van der Waals surface area contributed by atoms with Crippen molar-refractivity contribution < 1.29 is 14.2 Å². The van der Waals surface area contributed by atoms with Gasteiger partial charge in [0.25, 0.3) is 0 Å². The third-order valence-corrected chi connectivity index (χ3v) is 5.60. The molecular weight excluding hydrogens is 370 g/mol. The van der Waals surface area contributed by atoms with Gasteiger partial charge in [-0.25, -0.2) is 0 Å². The second-order valence-electron chi connectivity index (χ2n) is 7.64. The normalized spacial score (nSPS) is 16.8. The van der Waals surface area contributed by atoms with Crippen LogP contribution in [0.3, 0.4) is 0 Å². The zero-order chi connectivity index (χ0) is 19.8. The Labute approximate surface area is 169 Å². The summed E-state index contributed by atoms with van der Waals surface area (Å²) in [4.78, 5) is 2.32. The van der Waals surface area contributed by atoms with Crippen LogP contribution in [0.15, 0.2) is 24.3 Å². The summed E-state index contributed by atoms with van der Waals surface area (Å²) in [6, 6.07) is 8.19. The highest BCUT2D eigenvalue weighted by Crippen LogP contribution is 2.31. The van der Waals surface area contributed by atoms with Crippen LogP contribution >= 0.6 is 0 Å². The number of piperidine rings is 1. The maximum atomic E-state index is 6.26. The van der Waals surface area contributed by atoms with Crippen molar-refractivity contribution in [3.63, 3.8) is 0 Å². The van der Waals surface area contributed by atoms with Gasteiger partial charge in [-0.1, -0.05) is 0 Å². The summed E-state index contributed by atoms with van der Waals surface area (Å²) in [7, 11) is 1.65. The lowest BCUT2D eigenvalue weighted by atomic mass is 10.1. The van der Waals surface area contributed by atoms with Gasteiger partial charge in [-0.15, -0.1) is 15.3 Å². The van der Waals surface area contributed by atoms with Gasteiger partial charge in [0, 0.05) is 45.0 Å². The molecule has 2 aliphatic rings. The molecule has 1 fully saturated rings. The van der Waals surface area contributed by atoms with Gasteiger partial charge >= 0.3 is 0 Å². The molecule has 1 saturated heterocycles. The lowest BCUT2D eigenvalue weighted by molar-refractivity contribution is 0.170. The van der Waals surface area contributed by atoms with Gasteiger partial charge in [0.15, 0.2) is 17.3 Å². The molecule has 2 aliphatic heterocycles. The van der Waals surface area contributed by atoms with Crippen LogP contribution in [0.1, 0.15) is 29.8 Å². The van der Waals surface area contributed by atoms with E-state index in [9.17, 15) is 0 Å². The molecule has 2 aromatic heterocycles. The second-order valence-corrected chi connectivity index (χ2v) is 7.64. The van der Waals surface area contributed by atoms with Crippen molar-refractivity contribution in [2.24, 2.45) is 0 Å². The summed E-state index contributed by atoms with van der Waals surface area (Å²) in [5, 5.41) is 13.2. The number of anilines is 1. The molecule has 4 heterocycles. The minimum atomic E-state index is 0.217. The number of methoxy groups -OCH3 is 1. The quantitative estimate of drug-likeness (QED) is 0.657. The Bertz CT molecular complexity index is 1030. The number of nitrogens with zero attached hydrogens (tertiary/aromatic N) is 5. The first-order valence-corrected chi connectivity index (χ1v) is 10.1. The molecule has 0 atom stereocenters. The van der Waals surface area contributed by atoms with Gasteiger partial charge in [0.2, 0.25) is 0 Å². The van der Waals surface area contributed by atoms with E-state index >= 15 is 0 Å². The van der Waals surface area contributed by atoms with Crippen molar-refractivity contribution in [2.45, 2.75) is 38.9 Å². The van der Waals surface area contributed by atoms with Crippen LogP contribution in [0, 0.1) is 6.92 Å². The fourth-order valence-electron chi connectivity index (χ4n) is 4.10. The molecule has 3 aromatic rings. The number of aromatic nitrogens is 4. The van der Waals surface area contributed by atoms with Crippen molar-refractivity contribution in [1.82, 2.24) is 19.8 Å². The van der Waals surface area contributed by atoms with E-state index in [0.717, 1.165) is 67.5 Å². The summed E-state index contributed by atoms with van der Waals surface area (Å²) in [5.41, 5.74) is 3.10. The molecule has 5 rings (SSSR count). The van der Waals surface area contributed by atoms with Gasteiger partial charge in [-0.3, -0.25) is 0 Å². The highest BCUT2D eigenvalue weighted by atomic mass is 16.5. The largest absolute Gasteiger partial charge is 0.493 e. The van der Waals surface area contributed by atoms with Crippen LogP contribution in [0.5, 0.6) is 11.5 Å². The van der Waals surface area contributed by atoms with Crippen molar-refractivity contribution >= 4 is 11.5 Å². The second kappa shape index (κ2) is 7.51. The molecule has 0 N–H and O–H groups in total. The molecule has 0 saturated carbocycles. The third kappa shape index (κ3) is 3.48. The number of aryl methyl sites for hydroxylation is 1. The number of hydrogen-bond acceptors (Lipinski definition) is 7. The van der Waals surface area contributed by atoms with Crippen LogP contribution in [0.4, 0.5) is 5.82 Å². The van der Waals surface area contributed by atoms with E-state index in [0.29, 0.717) is 12.4 Å². The first-order valence-electron chi connectivity index (χ1n) is 10.1. The average Bonchev–Trinajstić information content (AvgIpc) is 3.35. The lowest BCUT2D eigenvalue weighted by Gasteiger charge is -2.33. The highest BCUT2D eigenvalue weighted by Gasteiger charge is 2.24. The molecule has 152 valence electrons. The van der Waals surface area contributed by atoms with E-state index in [1.165, 1.54) is 5.56 Å². The van der Waals surface area contributed by atoms with Gasteiger partial charge < -0.3 is 19.1 Å². The summed E-state index contributed by atoms with van der Waals surface area (Å²) in [6.45, 7) is 5.03. The van der Waals surface area contributed by atoms with E-state index in [4.69, 9.17) is 19.3 Å². The summed E-state index contributed by atoms with van der Waals surface area (Å²) in [6.07, 6.45) is 3.10. The molecule has 8 nitrogen and oxygen atoms in total. The standard InChI is InChI=1S/C21H25N5O3/c1-14-11-19-22-23-20(13-27-2)26(19)24-21(14)25-8-5-16(6-9-25)29-17-3-4-18-15(12-17)7-10-28-18/h3-4,11-12,16H,5-10,13H2,1-2H3. The van der Waals surface area contributed by atoms with Crippen LogP contribution in [-0.2, 0) is 17.8 Å². The average molecular weight is 395 g/mol. The summed E-state index contributed by atoms with van der Waals surface area (Å²) in [5.74, 6) is 3.62. The Balaban J connectivity index is 1.28. The fraction of sp³-hybridized carbons (Fsp3) is 0.476. The topological polar surface area (TPSA) is 74.0 Å². The summed E-state index contributed by atoms with van der Waals surface area (Å²) >= 11 is 0. The van der Waals surface area contributed by atoms with Gasteiger partial charge in [0.1, 0.15) is 24.2 Å². The van der Waals surface area contributed by atoms with E-state index < -0.39 is 0 Å². The van der Waals surface area contributed by atoms with Crippen LogP contribution in [0.25, 0.3) is 5.65 Å². The predicted octanol–water partition coefficient (Wildman–Crippen LogP) is 2.56. The molecular formula is C21H25N5O3. The number of fused-ring (bicyclic) bond motifs is 2. The Morgan fingerprint density at radius 2 is 2.03 bits per heavy atom. The minimum absolute atomic E-state index is 0.217. The van der Waals surface area contributed by atoms with E-state index in [1.54, 1.807) is 11.6 Å². The summed E-state index contributed by atoms with van der Waals surface area (Å²) < 4.78 is 18.8. The van der Waals surface area contributed by atoms with Crippen LogP contribution in [-0.4, -0.2) is 52.7 Å². The Morgan fingerprint density at radius 1 is 1.17 bits per heavy atom. The SMILES string of the molecule is COCc1nnc2cc(C)c(N3CCC(Oc4ccc5c(c4)CCO5)CC3)nn12. The van der Waals surface area contributed by atoms with E-state index in [1.807, 2.05) is 18.2 Å². The molecule has 0 aliphatic carbocycles. The smallest absolute Gasteiger partial charge is 0.180 e. The fourth-order valence-corrected chi connectivity index (χ4v) is 4.10. The third-order valence-electron chi connectivity index (χ3n) is 5.60. The molecule has 29 heavy (non-hydrogen) atoms. The highest BCUT2D eigenvalue weighted by molar-refractivity contribution is 5.53. The van der Waals surface area contributed by atoms with E-state index in [2.05, 4.69) is 28.1 Å². The number of rotatable bonds is 5. The van der Waals surface area contributed by atoms with Crippen molar-refractivity contribution in [2.75, 3.05) is 31.7 Å². The minimum Gasteiger partial charge on any atom is -0.493 e. The van der Waals surface area contributed by atoms with Gasteiger partial charge in [0.05, 0.1) is 6.61 Å². The Morgan fingerprint density at radius 3 is 2.86 bits per heavy atom. The monoisotopic (exact) mass is 395 g/mol. The lowest BCUT2D eigenvalue weighted by Crippen LogP contribution is -2.39. The Hall–Kier alpha value is -2.87. The molecule has 1 aromatic carbocycles. The predicted molar refractivity (Wildman–Crippen MR) is 108 cm³/mol. The first kappa shape index (κ1) is 18.2. The van der Waals surface area contributed by atoms with Crippen molar-refractivity contribution in [3.8, 4) is 11.5 Å². The number of benzene rings is 1. The molecule has 0 spiro atoms. The first-order chi connectivity index (χ1) is 14.2. The molecule has 8 heteroatoms. The molecule has 0 amide bonds. The molecule has 0 bridgehead atoms. The van der Waals surface area contributed by atoms with E-state index in [-0.39, 0.29) is 6.10 Å². The Kier molecular flexibility index (Phi) is 4.71. The van der Waals surface area contributed by atoms with Gasteiger partial charge in [-0.2, -0.15) is 4.52 Å². The van der Waals surface area contributed by atoms with Crippen LogP contribution < -0.4 is 14.4 Å². The maximum Gasteiger partial charge on any atom is 0.180 e. The zero-order valence-electron chi connectivity index (χ0n) is 16.8.